The first-order valence-electron chi connectivity index (χ1n) is 4.98. The Balaban J connectivity index is 2.04. The fraction of sp³-hybridized carbons (Fsp3) is 1.00. The van der Waals surface area contributed by atoms with Crippen molar-refractivity contribution < 1.29 is 14.2 Å². The predicted octanol–water partition coefficient (Wildman–Crippen LogP) is 1.81. The molecule has 0 spiro atoms. The monoisotopic (exact) mass is 188 g/mol. The molecule has 1 saturated heterocycles. The quantitative estimate of drug-likeness (QED) is 0.470. The zero-order chi connectivity index (χ0) is 9.73. The van der Waals surface area contributed by atoms with E-state index in [4.69, 9.17) is 14.2 Å². The summed E-state index contributed by atoms with van der Waals surface area (Å²) in [6.45, 7) is 8.97. The molecule has 0 bridgehead atoms. The van der Waals surface area contributed by atoms with E-state index in [1.54, 1.807) is 0 Å². The van der Waals surface area contributed by atoms with Gasteiger partial charge in [0, 0.05) is 0 Å². The lowest BCUT2D eigenvalue weighted by molar-refractivity contribution is -0.247. The second kappa shape index (κ2) is 4.94. The molecule has 0 aromatic carbocycles. The molecule has 0 aromatic heterocycles. The highest BCUT2D eigenvalue weighted by atomic mass is 16.7. The first-order valence-corrected chi connectivity index (χ1v) is 4.98. The van der Waals surface area contributed by atoms with Gasteiger partial charge in [0.15, 0.2) is 0 Å². The molecule has 1 rings (SSSR count). The van der Waals surface area contributed by atoms with E-state index in [9.17, 15) is 0 Å². The maximum absolute atomic E-state index is 5.62. The number of hydrogen-bond donors (Lipinski definition) is 0. The maximum atomic E-state index is 5.62. The Bertz CT molecular complexity index is 136. The Morgan fingerprint density at radius 3 is 2.46 bits per heavy atom. The van der Waals surface area contributed by atoms with Crippen molar-refractivity contribution in [3.63, 3.8) is 0 Å². The summed E-state index contributed by atoms with van der Waals surface area (Å²) >= 11 is 0. The fourth-order valence-corrected chi connectivity index (χ4v) is 1.17. The van der Waals surface area contributed by atoms with Crippen LogP contribution in [0.15, 0.2) is 0 Å². The molecule has 0 aliphatic carbocycles. The summed E-state index contributed by atoms with van der Waals surface area (Å²) in [5.74, 6) is 0.568. The van der Waals surface area contributed by atoms with Gasteiger partial charge in [-0.1, -0.05) is 20.8 Å². The maximum Gasteiger partial charge on any atom is 0.147 e. The number of rotatable bonds is 6. The van der Waals surface area contributed by atoms with Gasteiger partial charge in [-0.3, -0.25) is 0 Å². The van der Waals surface area contributed by atoms with Crippen molar-refractivity contribution in [2.24, 2.45) is 5.92 Å². The molecule has 13 heavy (non-hydrogen) atoms. The van der Waals surface area contributed by atoms with Crippen molar-refractivity contribution in [1.82, 2.24) is 0 Å². The van der Waals surface area contributed by atoms with Crippen LogP contribution in [-0.4, -0.2) is 32.2 Å². The highest BCUT2D eigenvalue weighted by Gasteiger charge is 2.37. The SMILES string of the molecule is CCC1(OCOCC(C)C)COC1. The third-order valence-electron chi connectivity index (χ3n) is 2.27. The summed E-state index contributed by atoms with van der Waals surface area (Å²) in [7, 11) is 0. The van der Waals surface area contributed by atoms with Crippen molar-refractivity contribution >= 4 is 0 Å². The Morgan fingerprint density at radius 1 is 1.38 bits per heavy atom. The summed E-state index contributed by atoms with van der Waals surface area (Å²) in [5.41, 5.74) is -0.0447. The molecule has 1 aliphatic heterocycles. The van der Waals surface area contributed by atoms with Gasteiger partial charge >= 0.3 is 0 Å². The molecule has 3 nitrogen and oxygen atoms in total. The topological polar surface area (TPSA) is 27.7 Å². The fourth-order valence-electron chi connectivity index (χ4n) is 1.17. The number of hydrogen-bond acceptors (Lipinski definition) is 3. The van der Waals surface area contributed by atoms with Gasteiger partial charge in [0.25, 0.3) is 0 Å². The van der Waals surface area contributed by atoms with Crippen molar-refractivity contribution in [2.75, 3.05) is 26.6 Å². The molecule has 3 heteroatoms. The van der Waals surface area contributed by atoms with E-state index in [1.807, 2.05) is 0 Å². The highest BCUT2D eigenvalue weighted by molar-refractivity contribution is 4.85. The lowest BCUT2D eigenvalue weighted by Gasteiger charge is -2.40. The van der Waals surface area contributed by atoms with Gasteiger partial charge in [0.1, 0.15) is 12.4 Å². The molecule has 1 aliphatic rings. The van der Waals surface area contributed by atoms with Crippen LogP contribution in [-0.2, 0) is 14.2 Å². The average molecular weight is 188 g/mol. The van der Waals surface area contributed by atoms with Gasteiger partial charge in [-0.15, -0.1) is 0 Å². The molecular formula is C10H20O3. The molecule has 1 fully saturated rings. The van der Waals surface area contributed by atoms with Gasteiger partial charge in [0.2, 0.25) is 0 Å². The van der Waals surface area contributed by atoms with Crippen molar-refractivity contribution in [1.29, 1.82) is 0 Å². The summed E-state index contributed by atoms with van der Waals surface area (Å²) in [4.78, 5) is 0. The molecule has 0 radical (unpaired) electrons. The lowest BCUT2D eigenvalue weighted by Crippen LogP contribution is -2.51. The van der Waals surface area contributed by atoms with Gasteiger partial charge in [-0.05, 0) is 12.3 Å². The van der Waals surface area contributed by atoms with Crippen molar-refractivity contribution in [2.45, 2.75) is 32.8 Å². The molecular weight excluding hydrogens is 168 g/mol. The van der Waals surface area contributed by atoms with Crippen molar-refractivity contribution in [3.8, 4) is 0 Å². The third-order valence-corrected chi connectivity index (χ3v) is 2.27. The van der Waals surface area contributed by atoms with Crippen LogP contribution < -0.4 is 0 Å². The molecule has 0 aromatic rings. The predicted molar refractivity (Wildman–Crippen MR) is 50.6 cm³/mol. The van der Waals surface area contributed by atoms with E-state index in [2.05, 4.69) is 20.8 Å². The number of ether oxygens (including phenoxy) is 3. The normalized spacial score (nSPS) is 20.3. The van der Waals surface area contributed by atoms with E-state index in [0.717, 1.165) is 13.0 Å². The van der Waals surface area contributed by atoms with Crippen LogP contribution in [0.2, 0.25) is 0 Å². The van der Waals surface area contributed by atoms with Gasteiger partial charge in [-0.2, -0.15) is 0 Å². The van der Waals surface area contributed by atoms with E-state index in [1.165, 1.54) is 0 Å². The molecule has 0 unspecified atom stereocenters. The smallest absolute Gasteiger partial charge is 0.147 e. The minimum atomic E-state index is -0.0447. The van der Waals surface area contributed by atoms with Crippen LogP contribution in [0.25, 0.3) is 0 Å². The third kappa shape index (κ3) is 3.25. The van der Waals surface area contributed by atoms with Crippen LogP contribution in [0.4, 0.5) is 0 Å². The largest absolute Gasteiger partial charge is 0.375 e. The van der Waals surface area contributed by atoms with Crippen LogP contribution in [0, 0.1) is 5.92 Å². The van der Waals surface area contributed by atoms with Gasteiger partial charge < -0.3 is 14.2 Å². The minimum absolute atomic E-state index is 0.0447. The Hall–Kier alpha value is -0.120. The van der Waals surface area contributed by atoms with Crippen LogP contribution >= 0.6 is 0 Å². The molecule has 0 amide bonds. The van der Waals surface area contributed by atoms with Crippen LogP contribution in [0.3, 0.4) is 0 Å². The van der Waals surface area contributed by atoms with Crippen molar-refractivity contribution in [3.05, 3.63) is 0 Å². The molecule has 0 N–H and O–H groups in total. The van der Waals surface area contributed by atoms with Gasteiger partial charge in [-0.25, -0.2) is 0 Å². The summed E-state index contributed by atoms with van der Waals surface area (Å²) in [6.07, 6.45) is 0.998. The van der Waals surface area contributed by atoms with E-state index < -0.39 is 0 Å². The van der Waals surface area contributed by atoms with Crippen LogP contribution in [0.1, 0.15) is 27.2 Å². The summed E-state index contributed by atoms with van der Waals surface area (Å²) in [5, 5.41) is 0. The summed E-state index contributed by atoms with van der Waals surface area (Å²) in [6, 6.07) is 0. The molecule has 0 saturated carbocycles. The lowest BCUT2D eigenvalue weighted by atomic mass is 9.99. The van der Waals surface area contributed by atoms with Gasteiger partial charge in [0.05, 0.1) is 19.8 Å². The highest BCUT2D eigenvalue weighted by Crippen LogP contribution is 2.25. The molecule has 78 valence electrons. The zero-order valence-corrected chi connectivity index (χ0v) is 8.84. The molecule has 0 atom stereocenters. The second-order valence-electron chi connectivity index (χ2n) is 4.06. The standard InChI is InChI=1S/C10H20O3/c1-4-10(6-12-7-10)13-8-11-5-9(2)3/h9H,4-8H2,1-3H3. The Morgan fingerprint density at radius 2 is 2.08 bits per heavy atom. The zero-order valence-electron chi connectivity index (χ0n) is 8.84. The molecule has 1 heterocycles. The Kier molecular flexibility index (Phi) is 4.16. The first-order chi connectivity index (χ1) is 6.18. The second-order valence-corrected chi connectivity index (χ2v) is 4.06. The van der Waals surface area contributed by atoms with Crippen LogP contribution in [0.5, 0.6) is 0 Å². The van der Waals surface area contributed by atoms with E-state index >= 15 is 0 Å². The van der Waals surface area contributed by atoms with E-state index in [0.29, 0.717) is 25.9 Å². The minimum Gasteiger partial charge on any atom is -0.375 e. The first kappa shape index (κ1) is 11.0. The summed E-state index contributed by atoms with van der Waals surface area (Å²) < 4.78 is 16.1. The average Bonchev–Trinajstić information content (AvgIpc) is 2.01. The Labute approximate surface area is 80.4 Å². The van der Waals surface area contributed by atoms with E-state index in [-0.39, 0.29) is 5.60 Å².